The number of amides is 1. The Kier molecular flexibility index (Phi) is 5.49. The van der Waals surface area contributed by atoms with Crippen LogP contribution in [0, 0.1) is 0 Å². The van der Waals surface area contributed by atoms with Crippen LogP contribution in [0.15, 0.2) is 72.9 Å². The Balaban J connectivity index is 1.77. The van der Waals surface area contributed by atoms with E-state index in [1.54, 1.807) is 18.3 Å². The van der Waals surface area contributed by atoms with Gasteiger partial charge in [0.05, 0.1) is 5.69 Å². The topological polar surface area (TPSA) is 94.0 Å². The molecular formula is C21H22N4O. The first-order valence-electron chi connectivity index (χ1n) is 8.55. The van der Waals surface area contributed by atoms with Crippen LogP contribution in [0.4, 0.5) is 11.5 Å². The maximum absolute atomic E-state index is 12.3. The minimum absolute atomic E-state index is 0.0255. The Bertz CT molecular complexity index is 866. The van der Waals surface area contributed by atoms with Gasteiger partial charge in [0.1, 0.15) is 5.82 Å². The average Bonchev–Trinajstić information content (AvgIpc) is 2.69. The number of nitrogens with zero attached hydrogens (tertiary/aromatic N) is 1. The summed E-state index contributed by atoms with van der Waals surface area (Å²) >= 11 is 0. The van der Waals surface area contributed by atoms with Gasteiger partial charge in [-0.25, -0.2) is 4.98 Å². The van der Waals surface area contributed by atoms with Crippen LogP contribution in [0.25, 0.3) is 0 Å². The fourth-order valence-electron chi connectivity index (χ4n) is 3.02. The number of nitrogen functional groups attached to an aromatic ring is 2. The Morgan fingerprint density at radius 2 is 1.62 bits per heavy atom. The number of carbonyl (C=O) groups is 1. The normalized spacial score (nSPS) is 11.7. The largest absolute Gasteiger partial charge is 0.396 e. The Morgan fingerprint density at radius 1 is 0.962 bits per heavy atom. The maximum Gasteiger partial charge on any atom is 0.251 e. The molecule has 0 aliphatic carbocycles. The van der Waals surface area contributed by atoms with Crippen LogP contribution >= 0.6 is 0 Å². The van der Waals surface area contributed by atoms with Crippen molar-refractivity contribution in [2.45, 2.75) is 12.3 Å². The van der Waals surface area contributed by atoms with Crippen LogP contribution in [-0.2, 0) is 0 Å². The number of rotatable bonds is 6. The Morgan fingerprint density at radius 3 is 2.31 bits per heavy atom. The smallest absolute Gasteiger partial charge is 0.251 e. The van der Waals surface area contributed by atoms with Gasteiger partial charge >= 0.3 is 0 Å². The third-order valence-corrected chi connectivity index (χ3v) is 4.39. The van der Waals surface area contributed by atoms with E-state index in [4.69, 9.17) is 11.5 Å². The van der Waals surface area contributed by atoms with Crippen molar-refractivity contribution in [3.05, 3.63) is 89.6 Å². The van der Waals surface area contributed by atoms with Crippen molar-refractivity contribution in [2.24, 2.45) is 0 Å². The van der Waals surface area contributed by atoms with Crippen LogP contribution < -0.4 is 16.8 Å². The quantitative estimate of drug-likeness (QED) is 0.639. The molecule has 5 N–H and O–H groups in total. The molecule has 5 nitrogen and oxygen atoms in total. The van der Waals surface area contributed by atoms with E-state index < -0.39 is 0 Å². The fraction of sp³-hybridized carbons (Fsp3) is 0.143. The molecule has 0 saturated carbocycles. The number of nitrogens with two attached hydrogens (primary N) is 2. The highest BCUT2D eigenvalue weighted by molar-refractivity contribution is 5.94. The zero-order chi connectivity index (χ0) is 18.4. The van der Waals surface area contributed by atoms with E-state index in [9.17, 15) is 4.79 Å². The van der Waals surface area contributed by atoms with Gasteiger partial charge < -0.3 is 16.8 Å². The van der Waals surface area contributed by atoms with Gasteiger partial charge in [-0.3, -0.25) is 4.79 Å². The lowest BCUT2D eigenvalue weighted by Gasteiger charge is -2.20. The van der Waals surface area contributed by atoms with Crippen molar-refractivity contribution in [3.63, 3.8) is 0 Å². The summed E-state index contributed by atoms with van der Waals surface area (Å²) in [6.45, 7) is 0.523. The summed E-state index contributed by atoms with van der Waals surface area (Å²) in [5, 5.41) is 2.98. The molecular weight excluding hydrogens is 324 g/mol. The van der Waals surface area contributed by atoms with Crippen molar-refractivity contribution < 1.29 is 4.79 Å². The number of anilines is 2. The number of hydrogen-bond acceptors (Lipinski definition) is 4. The molecule has 0 aliphatic rings. The van der Waals surface area contributed by atoms with Crippen LogP contribution in [0.2, 0.25) is 0 Å². The number of carbonyl (C=O) groups excluding carboxylic acids is 1. The summed E-state index contributed by atoms with van der Waals surface area (Å²) < 4.78 is 0. The molecule has 1 aromatic heterocycles. The highest BCUT2D eigenvalue weighted by Crippen LogP contribution is 2.33. The molecule has 1 unspecified atom stereocenters. The Hall–Kier alpha value is -3.34. The summed E-state index contributed by atoms with van der Waals surface area (Å²) in [7, 11) is 0. The summed E-state index contributed by atoms with van der Waals surface area (Å²) in [6, 6.07) is 21.1. The molecule has 0 radical (unpaired) electrons. The Labute approximate surface area is 153 Å². The summed E-state index contributed by atoms with van der Waals surface area (Å²) in [5.41, 5.74) is 15.2. The molecule has 1 heterocycles. The van der Waals surface area contributed by atoms with Gasteiger partial charge in [0.25, 0.3) is 5.91 Å². The molecule has 5 heteroatoms. The molecule has 0 saturated heterocycles. The number of aromatic nitrogens is 1. The maximum atomic E-state index is 12.3. The fourth-order valence-corrected chi connectivity index (χ4v) is 3.02. The monoisotopic (exact) mass is 346 g/mol. The minimum Gasteiger partial charge on any atom is -0.396 e. The van der Waals surface area contributed by atoms with E-state index >= 15 is 0 Å². The molecule has 1 amide bonds. The van der Waals surface area contributed by atoms with Gasteiger partial charge in [-0.2, -0.15) is 0 Å². The summed E-state index contributed by atoms with van der Waals surface area (Å²) in [6.07, 6.45) is 2.37. The zero-order valence-corrected chi connectivity index (χ0v) is 14.4. The first kappa shape index (κ1) is 17.5. The van der Waals surface area contributed by atoms with Gasteiger partial charge in [-0.15, -0.1) is 0 Å². The van der Waals surface area contributed by atoms with Crippen molar-refractivity contribution in [1.82, 2.24) is 10.3 Å². The van der Waals surface area contributed by atoms with Crippen LogP contribution in [0.3, 0.4) is 0 Å². The first-order chi connectivity index (χ1) is 12.7. The van der Waals surface area contributed by atoms with Crippen molar-refractivity contribution >= 4 is 17.4 Å². The molecule has 3 rings (SSSR count). The van der Waals surface area contributed by atoms with Gasteiger partial charge in [0.15, 0.2) is 0 Å². The van der Waals surface area contributed by atoms with Crippen LogP contribution in [0.1, 0.15) is 33.8 Å². The van der Waals surface area contributed by atoms with Crippen molar-refractivity contribution in [1.29, 1.82) is 0 Å². The minimum atomic E-state index is -0.0837. The predicted molar refractivity (Wildman–Crippen MR) is 105 cm³/mol. The molecule has 2 aromatic carbocycles. The zero-order valence-electron chi connectivity index (χ0n) is 14.4. The lowest BCUT2D eigenvalue weighted by atomic mass is 9.88. The highest BCUT2D eigenvalue weighted by Gasteiger charge is 2.18. The third-order valence-electron chi connectivity index (χ3n) is 4.39. The van der Waals surface area contributed by atoms with Crippen LogP contribution in [-0.4, -0.2) is 17.4 Å². The number of nitrogens with one attached hydrogen (secondary N) is 1. The van der Waals surface area contributed by atoms with Crippen molar-refractivity contribution in [2.75, 3.05) is 18.0 Å². The van der Waals surface area contributed by atoms with E-state index in [0.29, 0.717) is 30.0 Å². The summed E-state index contributed by atoms with van der Waals surface area (Å²) in [4.78, 5) is 16.3. The van der Waals surface area contributed by atoms with E-state index in [1.807, 2.05) is 42.5 Å². The lowest BCUT2D eigenvalue weighted by Crippen LogP contribution is -2.26. The molecule has 0 fully saturated rings. The van der Waals surface area contributed by atoms with E-state index in [2.05, 4.69) is 22.4 Å². The highest BCUT2D eigenvalue weighted by atomic mass is 16.1. The summed E-state index contributed by atoms with van der Waals surface area (Å²) in [5.74, 6) is 0.272. The standard InChI is InChI=1S/C21H22N4O/c22-19-18(12-13-24-20(19)23)17(15-7-3-1-4-8-15)11-14-25-21(26)16-9-5-2-6-10-16/h1-10,12-13,17H,11,14,22H2,(H2,23,24)(H,25,26). The van der Waals surface area contributed by atoms with Gasteiger partial charge in [-0.1, -0.05) is 48.5 Å². The predicted octanol–water partition coefficient (Wildman–Crippen LogP) is 3.20. The van der Waals surface area contributed by atoms with Gasteiger partial charge in [0, 0.05) is 24.2 Å². The van der Waals surface area contributed by atoms with E-state index in [1.165, 1.54) is 0 Å². The number of pyridine rings is 1. The average molecular weight is 346 g/mol. The molecule has 26 heavy (non-hydrogen) atoms. The number of benzene rings is 2. The molecule has 132 valence electrons. The van der Waals surface area contributed by atoms with Gasteiger partial charge in [-0.05, 0) is 35.7 Å². The van der Waals surface area contributed by atoms with E-state index in [-0.39, 0.29) is 11.8 Å². The third kappa shape index (κ3) is 4.00. The SMILES string of the molecule is Nc1nccc(C(CCNC(=O)c2ccccc2)c2ccccc2)c1N. The second-order valence-corrected chi connectivity index (χ2v) is 6.07. The molecule has 0 spiro atoms. The second kappa shape index (κ2) is 8.16. The molecule has 0 aliphatic heterocycles. The second-order valence-electron chi connectivity index (χ2n) is 6.07. The van der Waals surface area contributed by atoms with E-state index in [0.717, 1.165) is 11.1 Å². The van der Waals surface area contributed by atoms with Gasteiger partial charge in [0.2, 0.25) is 0 Å². The molecule has 1 atom stereocenters. The molecule has 3 aromatic rings. The van der Waals surface area contributed by atoms with Crippen molar-refractivity contribution in [3.8, 4) is 0 Å². The molecule has 0 bridgehead atoms. The lowest BCUT2D eigenvalue weighted by molar-refractivity contribution is 0.0953. The first-order valence-corrected chi connectivity index (χ1v) is 8.55. The number of hydrogen-bond donors (Lipinski definition) is 3. The van der Waals surface area contributed by atoms with Crippen LogP contribution in [0.5, 0.6) is 0 Å².